The van der Waals surface area contributed by atoms with Crippen LogP contribution >= 0.6 is 11.8 Å². The van der Waals surface area contributed by atoms with Gasteiger partial charge in [-0.25, -0.2) is 4.79 Å². The minimum Gasteiger partial charge on any atom is -0.465 e. The number of aryl methyl sites for hydroxylation is 1. The number of hydrogen-bond acceptors (Lipinski definition) is 6. The molecule has 0 aromatic heterocycles. The number of amides is 2. The van der Waals surface area contributed by atoms with Gasteiger partial charge in [-0.2, -0.15) is 0 Å². The first kappa shape index (κ1) is 23.7. The maximum Gasteiger partial charge on any atom is 0.337 e. The summed E-state index contributed by atoms with van der Waals surface area (Å²) in [6, 6.07) is 12.8. The molecule has 1 saturated heterocycles. The molecule has 32 heavy (non-hydrogen) atoms. The molecule has 1 heterocycles. The van der Waals surface area contributed by atoms with Gasteiger partial charge in [-0.05, 0) is 57.0 Å². The van der Waals surface area contributed by atoms with Crippen LogP contribution in [-0.2, 0) is 14.3 Å². The minimum absolute atomic E-state index is 0.156. The molecule has 1 fully saturated rings. The second-order valence-corrected chi connectivity index (χ2v) is 9.10. The molecule has 1 aliphatic heterocycles. The second kappa shape index (κ2) is 11.0. The first-order chi connectivity index (χ1) is 15.4. The van der Waals surface area contributed by atoms with Crippen LogP contribution < -0.4 is 15.5 Å². The van der Waals surface area contributed by atoms with Crippen LogP contribution in [0.15, 0.2) is 42.5 Å². The number of carbonyl (C=O) groups is 3. The lowest BCUT2D eigenvalue weighted by atomic mass is 10.1. The molecule has 0 radical (unpaired) electrons. The summed E-state index contributed by atoms with van der Waals surface area (Å²) in [7, 11) is 1.33. The van der Waals surface area contributed by atoms with E-state index in [0.717, 1.165) is 42.9 Å². The van der Waals surface area contributed by atoms with Crippen LogP contribution in [0.5, 0.6) is 0 Å². The SMILES string of the molecule is COC(=O)c1ccc(N2CCCC2)c(NC(=O)C(C)SCC(=O)Nc2ccc(C)cc2)c1. The molecule has 2 aromatic rings. The second-order valence-electron chi connectivity index (χ2n) is 7.77. The third kappa shape index (κ3) is 6.26. The summed E-state index contributed by atoms with van der Waals surface area (Å²) in [6.45, 7) is 5.56. The van der Waals surface area contributed by atoms with E-state index in [9.17, 15) is 14.4 Å². The average molecular weight is 456 g/mol. The number of hydrogen-bond donors (Lipinski definition) is 2. The number of nitrogens with one attached hydrogen (secondary N) is 2. The monoisotopic (exact) mass is 455 g/mol. The lowest BCUT2D eigenvalue weighted by Crippen LogP contribution is -2.27. The number of benzene rings is 2. The highest BCUT2D eigenvalue weighted by Gasteiger charge is 2.21. The van der Waals surface area contributed by atoms with Crippen molar-refractivity contribution in [1.82, 2.24) is 0 Å². The van der Waals surface area contributed by atoms with Gasteiger partial charge in [-0.1, -0.05) is 17.7 Å². The maximum absolute atomic E-state index is 12.8. The Morgan fingerprint density at radius 3 is 2.41 bits per heavy atom. The van der Waals surface area contributed by atoms with Crippen LogP contribution in [0.4, 0.5) is 17.1 Å². The third-order valence-electron chi connectivity index (χ3n) is 5.29. The number of esters is 1. The van der Waals surface area contributed by atoms with E-state index >= 15 is 0 Å². The highest BCUT2D eigenvalue weighted by Crippen LogP contribution is 2.31. The molecule has 1 atom stereocenters. The largest absolute Gasteiger partial charge is 0.465 e. The fraction of sp³-hybridized carbons (Fsp3) is 0.375. The average Bonchev–Trinajstić information content (AvgIpc) is 3.33. The van der Waals surface area contributed by atoms with Gasteiger partial charge in [0.15, 0.2) is 0 Å². The molecule has 1 aliphatic rings. The predicted octanol–water partition coefficient (Wildman–Crippen LogP) is 4.08. The fourth-order valence-electron chi connectivity index (χ4n) is 3.46. The number of rotatable bonds is 8. The van der Waals surface area contributed by atoms with Gasteiger partial charge in [-0.3, -0.25) is 9.59 Å². The van der Waals surface area contributed by atoms with Crippen molar-refractivity contribution in [2.24, 2.45) is 0 Å². The molecule has 0 bridgehead atoms. The van der Waals surface area contributed by atoms with E-state index in [1.54, 1.807) is 19.1 Å². The minimum atomic E-state index is -0.455. The van der Waals surface area contributed by atoms with Gasteiger partial charge in [0.25, 0.3) is 0 Å². The number of nitrogens with zero attached hydrogens (tertiary/aromatic N) is 1. The van der Waals surface area contributed by atoms with E-state index in [0.29, 0.717) is 11.3 Å². The molecular weight excluding hydrogens is 426 g/mol. The molecule has 170 valence electrons. The summed E-state index contributed by atoms with van der Waals surface area (Å²) in [5, 5.41) is 5.33. The van der Waals surface area contributed by atoms with Crippen molar-refractivity contribution >= 4 is 46.6 Å². The third-order valence-corrected chi connectivity index (χ3v) is 6.43. The van der Waals surface area contributed by atoms with E-state index < -0.39 is 11.2 Å². The summed E-state index contributed by atoms with van der Waals surface area (Å²) in [6.07, 6.45) is 2.18. The Morgan fingerprint density at radius 1 is 1.06 bits per heavy atom. The first-order valence-electron chi connectivity index (χ1n) is 10.6. The molecule has 0 saturated carbocycles. The molecule has 3 rings (SSSR count). The fourth-order valence-corrected chi connectivity index (χ4v) is 4.14. The van der Waals surface area contributed by atoms with Gasteiger partial charge in [-0.15, -0.1) is 11.8 Å². The Hall–Kier alpha value is -3.00. The Morgan fingerprint density at radius 2 is 1.75 bits per heavy atom. The van der Waals surface area contributed by atoms with Gasteiger partial charge >= 0.3 is 5.97 Å². The quantitative estimate of drug-likeness (QED) is 0.583. The van der Waals surface area contributed by atoms with Crippen molar-refractivity contribution in [2.75, 3.05) is 41.5 Å². The standard InChI is InChI=1S/C24H29N3O4S/c1-16-6-9-19(10-7-16)25-22(28)15-32-17(2)23(29)26-20-14-18(24(30)31-3)8-11-21(20)27-12-4-5-13-27/h6-11,14,17H,4-5,12-13,15H2,1-3H3,(H,25,28)(H,26,29). The van der Waals surface area contributed by atoms with Crippen molar-refractivity contribution in [3.8, 4) is 0 Å². The molecule has 2 amide bonds. The zero-order valence-electron chi connectivity index (χ0n) is 18.6. The van der Waals surface area contributed by atoms with Crippen molar-refractivity contribution in [2.45, 2.75) is 31.9 Å². The summed E-state index contributed by atoms with van der Waals surface area (Å²) in [4.78, 5) is 39.2. The van der Waals surface area contributed by atoms with Crippen LogP contribution in [0.3, 0.4) is 0 Å². The molecule has 7 nitrogen and oxygen atoms in total. The van der Waals surface area contributed by atoms with Gasteiger partial charge in [0, 0.05) is 18.8 Å². The Kier molecular flexibility index (Phi) is 8.16. The maximum atomic E-state index is 12.8. The van der Waals surface area contributed by atoms with Gasteiger partial charge in [0.2, 0.25) is 11.8 Å². The molecule has 2 aromatic carbocycles. The van der Waals surface area contributed by atoms with Crippen molar-refractivity contribution in [1.29, 1.82) is 0 Å². The van der Waals surface area contributed by atoms with E-state index in [1.165, 1.54) is 18.9 Å². The van der Waals surface area contributed by atoms with Crippen LogP contribution in [0.2, 0.25) is 0 Å². The van der Waals surface area contributed by atoms with E-state index in [4.69, 9.17) is 4.74 Å². The lowest BCUT2D eigenvalue weighted by Gasteiger charge is -2.23. The predicted molar refractivity (Wildman–Crippen MR) is 130 cm³/mol. The van der Waals surface area contributed by atoms with Gasteiger partial charge in [0.1, 0.15) is 0 Å². The van der Waals surface area contributed by atoms with Crippen LogP contribution in [-0.4, -0.2) is 49.0 Å². The summed E-state index contributed by atoms with van der Waals surface area (Å²) >= 11 is 1.26. The molecule has 0 aliphatic carbocycles. The van der Waals surface area contributed by atoms with Gasteiger partial charge < -0.3 is 20.3 Å². The number of thioether (sulfide) groups is 1. The topological polar surface area (TPSA) is 87.7 Å². The molecule has 2 N–H and O–H groups in total. The zero-order valence-corrected chi connectivity index (χ0v) is 19.5. The molecule has 0 spiro atoms. The van der Waals surface area contributed by atoms with Crippen molar-refractivity contribution in [3.05, 3.63) is 53.6 Å². The molecule has 8 heteroatoms. The number of carbonyl (C=O) groups excluding carboxylic acids is 3. The van der Waals surface area contributed by atoms with Gasteiger partial charge in [0.05, 0.1) is 35.1 Å². The Bertz CT molecular complexity index is 972. The number of methoxy groups -OCH3 is 1. The van der Waals surface area contributed by atoms with E-state index in [2.05, 4.69) is 15.5 Å². The number of anilines is 3. The van der Waals surface area contributed by atoms with Crippen LogP contribution in [0.1, 0.15) is 35.7 Å². The van der Waals surface area contributed by atoms with Crippen LogP contribution in [0.25, 0.3) is 0 Å². The summed E-state index contributed by atoms with van der Waals surface area (Å²) in [5.41, 5.74) is 3.69. The number of ether oxygens (including phenoxy) is 1. The van der Waals surface area contributed by atoms with Crippen molar-refractivity contribution in [3.63, 3.8) is 0 Å². The molecule has 1 unspecified atom stereocenters. The normalized spacial score (nSPS) is 14.0. The van der Waals surface area contributed by atoms with Crippen LogP contribution in [0, 0.1) is 6.92 Å². The Labute approximate surface area is 192 Å². The van der Waals surface area contributed by atoms with Crippen molar-refractivity contribution < 1.29 is 19.1 Å². The smallest absolute Gasteiger partial charge is 0.337 e. The zero-order chi connectivity index (χ0) is 23.1. The van der Waals surface area contributed by atoms with E-state index in [1.807, 2.05) is 37.3 Å². The highest BCUT2D eigenvalue weighted by molar-refractivity contribution is 8.01. The van der Waals surface area contributed by atoms with E-state index in [-0.39, 0.29) is 17.6 Å². The lowest BCUT2D eigenvalue weighted by molar-refractivity contribution is -0.115. The summed E-state index contributed by atoms with van der Waals surface area (Å²) < 4.78 is 4.82. The Balaban J connectivity index is 1.62. The summed E-state index contributed by atoms with van der Waals surface area (Å²) in [5.74, 6) is -0.683. The first-order valence-corrected chi connectivity index (χ1v) is 11.7. The highest BCUT2D eigenvalue weighted by atomic mass is 32.2. The molecular formula is C24H29N3O4S.